The normalized spacial score (nSPS) is 10.1. The van der Waals surface area contributed by atoms with E-state index in [1.807, 2.05) is 0 Å². The van der Waals surface area contributed by atoms with Gasteiger partial charge in [0.2, 0.25) is 0 Å². The van der Waals surface area contributed by atoms with Gasteiger partial charge in [0.05, 0.1) is 12.7 Å². The zero-order valence-electron chi connectivity index (χ0n) is 12.5. The number of methoxy groups -OCH3 is 1. The molecule has 6 nitrogen and oxygen atoms in total. The van der Waals surface area contributed by atoms with Gasteiger partial charge in [0, 0.05) is 30.6 Å². The molecule has 0 saturated carbocycles. The first-order chi connectivity index (χ1) is 10.4. The molecule has 0 radical (unpaired) electrons. The van der Waals surface area contributed by atoms with Crippen LogP contribution in [-0.4, -0.2) is 23.6 Å². The average molecular weight is 300 g/mol. The number of hydrogen-bond acceptors (Lipinski definition) is 4. The number of aromatic nitrogens is 1. The third kappa shape index (κ3) is 3.22. The number of carbonyl (C=O) groups is 2. The molecule has 0 aliphatic rings. The Hall–Kier alpha value is -2.89. The monoisotopic (exact) mass is 300 g/mol. The number of esters is 1. The van der Waals surface area contributed by atoms with Crippen LogP contribution in [0.2, 0.25) is 0 Å². The standard InChI is InChI=1S/C16H16N2O4/c1-10-4-5-12(16(21)22-3)8-13(10)17-15(20)11-6-7-18(2)14(19)9-11/h4-9H,1-3H3,(H,17,20). The summed E-state index contributed by atoms with van der Waals surface area (Å²) in [4.78, 5) is 35.3. The third-order valence-electron chi connectivity index (χ3n) is 3.27. The Bertz CT molecular complexity index is 793. The molecule has 2 aromatic rings. The Morgan fingerprint density at radius 1 is 1.14 bits per heavy atom. The summed E-state index contributed by atoms with van der Waals surface area (Å²) >= 11 is 0. The summed E-state index contributed by atoms with van der Waals surface area (Å²) in [6.07, 6.45) is 1.52. The van der Waals surface area contributed by atoms with Crippen LogP contribution in [0.5, 0.6) is 0 Å². The van der Waals surface area contributed by atoms with Gasteiger partial charge in [-0.1, -0.05) is 6.07 Å². The second-order valence-electron chi connectivity index (χ2n) is 4.84. The van der Waals surface area contributed by atoms with Crippen molar-refractivity contribution in [3.63, 3.8) is 0 Å². The van der Waals surface area contributed by atoms with Crippen LogP contribution >= 0.6 is 0 Å². The Balaban J connectivity index is 2.29. The van der Waals surface area contributed by atoms with Gasteiger partial charge in [0.25, 0.3) is 11.5 Å². The van der Waals surface area contributed by atoms with E-state index in [4.69, 9.17) is 0 Å². The van der Waals surface area contributed by atoms with E-state index in [2.05, 4.69) is 10.1 Å². The summed E-state index contributed by atoms with van der Waals surface area (Å²) in [7, 11) is 2.90. The van der Waals surface area contributed by atoms with Gasteiger partial charge in [0.1, 0.15) is 0 Å². The van der Waals surface area contributed by atoms with Crippen molar-refractivity contribution in [2.45, 2.75) is 6.92 Å². The van der Waals surface area contributed by atoms with Crippen LogP contribution in [0, 0.1) is 6.92 Å². The summed E-state index contributed by atoms with van der Waals surface area (Å²) in [5.74, 6) is -0.896. The van der Waals surface area contributed by atoms with Crippen molar-refractivity contribution in [1.29, 1.82) is 0 Å². The average Bonchev–Trinajstić information content (AvgIpc) is 2.51. The molecule has 0 aliphatic carbocycles. The lowest BCUT2D eigenvalue weighted by atomic mass is 10.1. The number of hydrogen-bond donors (Lipinski definition) is 1. The number of benzene rings is 1. The molecule has 1 heterocycles. The van der Waals surface area contributed by atoms with Gasteiger partial charge in [-0.15, -0.1) is 0 Å². The molecule has 114 valence electrons. The van der Waals surface area contributed by atoms with E-state index in [1.54, 1.807) is 38.2 Å². The van der Waals surface area contributed by atoms with Crippen LogP contribution in [0.4, 0.5) is 5.69 Å². The SMILES string of the molecule is COC(=O)c1ccc(C)c(NC(=O)c2ccn(C)c(=O)c2)c1. The van der Waals surface area contributed by atoms with Crippen molar-refractivity contribution in [2.75, 3.05) is 12.4 Å². The summed E-state index contributed by atoms with van der Waals surface area (Å²) in [6, 6.07) is 7.69. The Labute approximate surface area is 127 Å². The maximum Gasteiger partial charge on any atom is 0.337 e. The molecule has 0 atom stereocenters. The summed E-state index contributed by atoms with van der Waals surface area (Å²) in [5, 5.41) is 2.70. The molecule has 0 aliphatic heterocycles. The number of nitrogens with one attached hydrogen (secondary N) is 1. The molecular weight excluding hydrogens is 284 g/mol. The van der Waals surface area contributed by atoms with Crippen molar-refractivity contribution in [3.05, 3.63) is 63.6 Å². The van der Waals surface area contributed by atoms with Crippen molar-refractivity contribution < 1.29 is 14.3 Å². The number of aryl methyl sites for hydroxylation is 2. The van der Waals surface area contributed by atoms with Crippen molar-refractivity contribution in [2.24, 2.45) is 7.05 Å². The Kier molecular flexibility index (Phi) is 4.41. The van der Waals surface area contributed by atoms with E-state index < -0.39 is 11.9 Å². The minimum absolute atomic E-state index is 0.256. The number of rotatable bonds is 3. The van der Waals surface area contributed by atoms with Gasteiger partial charge in [-0.3, -0.25) is 9.59 Å². The molecule has 1 N–H and O–H groups in total. The summed E-state index contributed by atoms with van der Waals surface area (Å²) < 4.78 is 6.03. The molecule has 0 saturated heterocycles. The summed E-state index contributed by atoms with van der Waals surface area (Å²) in [6.45, 7) is 1.81. The van der Waals surface area contributed by atoms with Crippen LogP contribution in [0.15, 0.2) is 41.3 Å². The molecule has 1 aromatic heterocycles. The number of carbonyl (C=O) groups excluding carboxylic acids is 2. The fourth-order valence-electron chi connectivity index (χ4n) is 1.89. The van der Waals surface area contributed by atoms with Crippen LogP contribution in [-0.2, 0) is 11.8 Å². The topological polar surface area (TPSA) is 77.4 Å². The lowest BCUT2D eigenvalue weighted by Crippen LogP contribution is -2.20. The first kappa shape index (κ1) is 15.5. The van der Waals surface area contributed by atoms with Crippen LogP contribution in [0.1, 0.15) is 26.3 Å². The van der Waals surface area contributed by atoms with Crippen molar-refractivity contribution in [3.8, 4) is 0 Å². The van der Waals surface area contributed by atoms with Gasteiger partial charge in [-0.25, -0.2) is 4.79 Å². The van der Waals surface area contributed by atoms with E-state index in [9.17, 15) is 14.4 Å². The van der Waals surface area contributed by atoms with Crippen LogP contribution in [0.3, 0.4) is 0 Å². The second kappa shape index (κ2) is 6.26. The van der Waals surface area contributed by atoms with Crippen LogP contribution in [0.25, 0.3) is 0 Å². The maximum absolute atomic E-state index is 12.2. The van der Waals surface area contributed by atoms with E-state index in [-0.39, 0.29) is 11.1 Å². The summed E-state index contributed by atoms with van der Waals surface area (Å²) in [5.41, 5.74) is 1.62. The number of nitrogens with zero attached hydrogens (tertiary/aromatic N) is 1. The van der Waals surface area contributed by atoms with Crippen molar-refractivity contribution >= 4 is 17.6 Å². The molecule has 1 amide bonds. The third-order valence-corrected chi connectivity index (χ3v) is 3.27. The number of pyridine rings is 1. The molecule has 1 aromatic carbocycles. The van der Waals surface area contributed by atoms with Gasteiger partial charge in [0.15, 0.2) is 0 Å². The zero-order chi connectivity index (χ0) is 16.3. The highest BCUT2D eigenvalue weighted by Gasteiger charge is 2.12. The van der Waals surface area contributed by atoms with Crippen LogP contribution < -0.4 is 10.9 Å². The minimum atomic E-state index is -0.482. The lowest BCUT2D eigenvalue weighted by Gasteiger charge is -2.10. The van der Waals surface area contributed by atoms with Gasteiger partial charge >= 0.3 is 5.97 Å². The molecular formula is C16H16N2O4. The fraction of sp³-hybridized carbons (Fsp3) is 0.188. The largest absolute Gasteiger partial charge is 0.465 e. The fourth-order valence-corrected chi connectivity index (χ4v) is 1.89. The Morgan fingerprint density at radius 2 is 1.86 bits per heavy atom. The van der Waals surface area contributed by atoms with Gasteiger partial charge < -0.3 is 14.6 Å². The van der Waals surface area contributed by atoms with E-state index >= 15 is 0 Å². The maximum atomic E-state index is 12.2. The van der Waals surface area contributed by atoms with Gasteiger partial charge in [-0.2, -0.15) is 0 Å². The molecule has 0 fully saturated rings. The van der Waals surface area contributed by atoms with Gasteiger partial charge in [-0.05, 0) is 30.7 Å². The smallest absolute Gasteiger partial charge is 0.337 e. The predicted molar refractivity (Wildman–Crippen MR) is 82.2 cm³/mol. The highest BCUT2D eigenvalue weighted by atomic mass is 16.5. The molecule has 0 unspecified atom stereocenters. The number of amides is 1. The minimum Gasteiger partial charge on any atom is -0.465 e. The first-order valence-corrected chi connectivity index (χ1v) is 6.59. The van der Waals surface area contributed by atoms with E-state index in [0.717, 1.165) is 5.56 Å². The van der Waals surface area contributed by atoms with E-state index in [1.165, 1.54) is 23.9 Å². The predicted octanol–water partition coefficient (Wildman–Crippen LogP) is 1.73. The first-order valence-electron chi connectivity index (χ1n) is 6.59. The number of ether oxygens (including phenoxy) is 1. The van der Waals surface area contributed by atoms with Crippen molar-refractivity contribution in [1.82, 2.24) is 4.57 Å². The molecule has 2 rings (SSSR count). The lowest BCUT2D eigenvalue weighted by molar-refractivity contribution is 0.0600. The highest BCUT2D eigenvalue weighted by Crippen LogP contribution is 2.18. The highest BCUT2D eigenvalue weighted by molar-refractivity contribution is 6.05. The second-order valence-corrected chi connectivity index (χ2v) is 4.84. The molecule has 6 heteroatoms. The molecule has 22 heavy (non-hydrogen) atoms. The quantitative estimate of drug-likeness (QED) is 0.876. The zero-order valence-corrected chi connectivity index (χ0v) is 12.5. The number of anilines is 1. The van der Waals surface area contributed by atoms with E-state index in [0.29, 0.717) is 11.3 Å². The molecule has 0 bridgehead atoms. The Morgan fingerprint density at radius 3 is 2.50 bits per heavy atom. The molecule has 0 spiro atoms.